The molecule has 0 aliphatic rings. The van der Waals surface area contributed by atoms with E-state index < -0.39 is 0 Å². The third-order valence-corrected chi connectivity index (χ3v) is 3.30. The Morgan fingerprint density at radius 2 is 2.47 bits per heavy atom. The smallest absolute Gasteiger partial charge is 0.220 e. The van der Waals surface area contributed by atoms with E-state index in [1.54, 1.807) is 23.7 Å². The lowest BCUT2D eigenvalue weighted by atomic mass is 10.3. The van der Waals surface area contributed by atoms with Gasteiger partial charge < -0.3 is 9.73 Å². The Morgan fingerprint density at radius 3 is 3.12 bits per heavy atom. The normalized spacial score (nSPS) is 10.4. The molecule has 1 N–H and O–H groups in total. The van der Waals surface area contributed by atoms with E-state index in [4.69, 9.17) is 4.42 Å². The first-order chi connectivity index (χ1) is 8.24. The summed E-state index contributed by atoms with van der Waals surface area (Å²) in [5.41, 5.74) is 1.01. The number of nitrogens with one attached hydrogen (secondary N) is 1. The van der Waals surface area contributed by atoms with Crippen LogP contribution in [0.4, 0.5) is 0 Å². The van der Waals surface area contributed by atoms with Crippen molar-refractivity contribution in [2.75, 3.05) is 0 Å². The van der Waals surface area contributed by atoms with Crippen LogP contribution in [0.25, 0.3) is 0 Å². The van der Waals surface area contributed by atoms with E-state index >= 15 is 0 Å². The van der Waals surface area contributed by atoms with Crippen LogP contribution in [0, 0.1) is 6.92 Å². The second-order valence-electron chi connectivity index (χ2n) is 3.74. The first-order valence-electron chi connectivity index (χ1n) is 5.44. The van der Waals surface area contributed by atoms with Gasteiger partial charge in [0.15, 0.2) is 0 Å². The number of hydrogen-bond donors (Lipinski definition) is 1. The molecule has 4 nitrogen and oxygen atoms in total. The number of amides is 1. The average molecular weight is 250 g/mol. The van der Waals surface area contributed by atoms with Crippen molar-refractivity contribution in [3.05, 3.63) is 40.2 Å². The fraction of sp³-hybridized carbons (Fsp3) is 0.333. The minimum Gasteiger partial charge on any atom is -0.467 e. The molecule has 90 valence electrons. The number of aromatic nitrogens is 1. The molecular weight excluding hydrogens is 236 g/mol. The molecule has 0 bridgehead atoms. The van der Waals surface area contributed by atoms with Crippen molar-refractivity contribution in [1.82, 2.24) is 10.3 Å². The quantitative estimate of drug-likeness (QED) is 0.885. The zero-order chi connectivity index (χ0) is 12.1. The summed E-state index contributed by atoms with van der Waals surface area (Å²) in [5.74, 6) is 0.790. The predicted octanol–water partition coefficient (Wildman–Crippen LogP) is 2.29. The highest BCUT2D eigenvalue weighted by molar-refractivity contribution is 7.09. The Bertz CT molecular complexity index is 476. The molecule has 0 aromatic carbocycles. The number of carbonyl (C=O) groups is 1. The van der Waals surface area contributed by atoms with Gasteiger partial charge in [0.1, 0.15) is 5.76 Å². The number of nitrogens with zero attached hydrogens (tertiary/aromatic N) is 1. The van der Waals surface area contributed by atoms with E-state index in [9.17, 15) is 4.79 Å². The van der Waals surface area contributed by atoms with Gasteiger partial charge >= 0.3 is 0 Å². The zero-order valence-electron chi connectivity index (χ0n) is 9.60. The van der Waals surface area contributed by atoms with Crippen molar-refractivity contribution in [3.63, 3.8) is 0 Å². The molecule has 17 heavy (non-hydrogen) atoms. The van der Waals surface area contributed by atoms with Crippen LogP contribution in [-0.4, -0.2) is 10.9 Å². The van der Waals surface area contributed by atoms with Crippen LogP contribution in [0.3, 0.4) is 0 Å². The van der Waals surface area contributed by atoms with E-state index in [1.807, 2.05) is 18.4 Å². The molecule has 2 aromatic rings. The molecule has 0 atom stereocenters. The van der Waals surface area contributed by atoms with Crippen molar-refractivity contribution in [2.45, 2.75) is 26.3 Å². The second-order valence-corrected chi connectivity index (χ2v) is 4.68. The molecule has 0 aliphatic carbocycles. The van der Waals surface area contributed by atoms with Gasteiger partial charge in [-0.15, -0.1) is 11.3 Å². The molecule has 2 rings (SSSR count). The summed E-state index contributed by atoms with van der Waals surface area (Å²) in [6.45, 7) is 2.40. The maximum Gasteiger partial charge on any atom is 0.220 e. The number of hydrogen-bond acceptors (Lipinski definition) is 4. The molecule has 0 radical (unpaired) electrons. The Labute approximate surface area is 104 Å². The van der Waals surface area contributed by atoms with Gasteiger partial charge in [-0.3, -0.25) is 4.79 Å². The predicted molar refractivity (Wildman–Crippen MR) is 65.7 cm³/mol. The van der Waals surface area contributed by atoms with E-state index in [0.29, 0.717) is 19.4 Å². The Morgan fingerprint density at radius 1 is 1.59 bits per heavy atom. The van der Waals surface area contributed by atoms with Gasteiger partial charge in [-0.25, -0.2) is 4.98 Å². The summed E-state index contributed by atoms with van der Waals surface area (Å²) in [7, 11) is 0. The molecule has 5 heteroatoms. The van der Waals surface area contributed by atoms with Gasteiger partial charge in [0, 0.05) is 23.9 Å². The van der Waals surface area contributed by atoms with E-state index in [2.05, 4.69) is 10.3 Å². The lowest BCUT2D eigenvalue weighted by molar-refractivity contribution is -0.121. The molecule has 0 saturated heterocycles. The van der Waals surface area contributed by atoms with Crippen LogP contribution in [-0.2, 0) is 17.8 Å². The molecule has 1 amide bonds. The minimum atomic E-state index is 0.0225. The first kappa shape index (κ1) is 11.9. The van der Waals surface area contributed by atoms with E-state index in [0.717, 1.165) is 16.5 Å². The van der Waals surface area contributed by atoms with Crippen LogP contribution >= 0.6 is 11.3 Å². The summed E-state index contributed by atoms with van der Waals surface area (Å²) in [6, 6.07) is 3.64. The molecule has 0 spiro atoms. The fourth-order valence-electron chi connectivity index (χ4n) is 1.43. The number of thiazole rings is 1. The third-order valence-electron chi connectivity index (χ3n) is 2.27. The summed E-state index contributed by atoms with van der Waals surface area (Å²) in [5, 5.41) is 5.81. The van der Waals surface area contributed by atoms with E-state index in [-0.39, 0.29) is 5.91 Å². The molecule has 2 aromatic heterocycles. The largest absolute Gasteiger partial charge is 0.467 e. The lowest BCUT2D eigenvalue weighted by Crippen LogP contribution is -2.22. The zero-order valence-corrected chi connectivity index (χ0v) is 10.4. The maximum atomic E-state index is 11.5. The van der Waals surface area contributed by atoms with Crippen LogP contribution in [0.1, 0.15) is 22.9 Å². The maximum absolute atomic E-state index is 11.5. The van der Waals surface area contributed by atoms with E-state index in [1.165, 1.54) is 0 Å². The third kappa shape index (κ3) is 3.71. The average Bonchev–Trinajstić information content (AvgIpc) is 2.95. The highest BCUT2D eigenvalue weighted by atomic mass is 32.1. The summed E-state index contributed by atoms with van der Waals surface area (Å²) < 4.78 is 5.12. The van der Waals surface area contributed by atoms with Crippen molar-refractivity contribution in [1.29, 1.82) is 0 Å². The highest BCUT2D eigenvalue weighted by Crippen LogP contribution is 2.10. The molecule has 0 unspecified atom stereocenters. The van der Waals surface area contributed by atoms with Crippen molar-refractivity contribution >= 4 is 17.2 Å². The highest BCUT2D eigenvalue weighted by Gasteiger charge is 2.05. The monoisotopic (exact) mass is 250 g/mol. The second kappa shape index (κ2) is 5.63. The van der Waals surface area contributed by atoms with Gasteiger partial charge in [0.25, 0.3) is 0 Å². The molecular formula is C12H14N2O2S. The fourth-order valence-corrected chi connectivity index (χ4v) is 2.20. The SMILES string of the molecule is Cc1csc(CCC(=O)NCc2ccco2)n1. The van der Waals surface area contributed by atoms with Crippen molar-refractivity contribution in [2.24, 2.45) is 0 Å². The summed E-state index contributed by atoms with van der Waals surface area (Å²) >= 11 is 1.60. The number of rotatable bonds is 5. The van der Waals surface area contributed by atoms with Gasteiger partial charge in [0.2, 0.25) is 5.91 Å². The molecule has 0 fully saturated rings. The summed E-state index contributed by atoms with van der Waals surface area (Å²) in [6.07, 6.45) is 2.76. The van der Waals surface area contributed by atoms with Crippen molar-refractivity contribution in [3.8, 4) is 0 Å². The summed E-state index contributed by atoms with van der Waals surface area (Å²) in [4.78, 5) is 15.9. The van der Waals surface area contributed by atoms with Gasteiger partial charge in [-0.2, -0.15) is 0 Å². The van der Waals surface area contributed by atoms with Gasteiger partial charge in [0.05, 0.1) is 17.8 Å². The lowest BCUT2D eigenvalue weighted by Gasteiger charge is -2.01. The molecule has 2 heterocycles. The standard InChI is InChI=1S/C12H14N2O2S/c1-9-8-17-12(14-9)5-4-11(15)13-7-10-3-2-6-16-10/h2-3,6,8H,4-5,7H2,1H3,(H,13,15). The van der Waals surface area contributed by atoms with Crippen LogP contribution in [0.5, 0.6) is 0 Å². The van der Waals surface area contributed by atoms with Crippen LogP contribution in [0.15, 0.2) is 28.2 Å². The van der Waals surface area contributed by atoms with Crippen molar-refractivity contribution < 1.29 is 9.21 Å². The topological polar surface area (TPSA) is 55.1 Å². The van der Waals surface area contributed by atoms with Crippen LogP contribution in [0.2, 0.25) is 0 Å². The molecule has 0 aliphatic heterocycles. The van der Waals surface area contributed by atoms with Crippen LogP contribution < -0.4 is 5.32 Å². The Hall–Kier alpha value is -1.62. The van der Waals surface area contributed by atoms with Gasteiger partial charge in [-0.1, -0.05) is 0 Å². The number of aryl methyl sites for hydroxylation is 2. The van der Waals surface area contributed by atoms with Gasteiger partial charge in [-0.05, 0) is 19.1 Å². The minimum absolute atomic E-state index is 0.0225. The number of carbonyl (C=O) groups excluding carboxylic acids is 1. The number of furan rings is 1. The first-order valence-corrected chi connectivity index (χ1v) is 6.32. The Balaban J connectivity index is 1.71. The Kier molecular flexibility index (Phi) is 3.93. The molecule has 0 saturated carbocycles.